The summed E-state index contributed by atoms with van der Waals surface area (Å²) in [5.41, 5.74) is 0.148. The van der Waals surface area contributed by atoms with E-state index in [9.17, 15) is 9.13 Å². The molecule has 0 aliphatic carbocycles. The molecule has 0 heterocycles. The van der Waals surface area contributed by atoms with E-state index in [4.69, 9.17) is 24.3 Å². The average molecular weight is 311 g/mol. The van der Waals surface area contributed by atoms with Crippen LogP contribution in [0.2, 0.25) is 0 Å². The third-order valence-corrected chi connectivity index (χ3v) is 6.66. The fourth-order valence-corrected chi connectivity index (χ4v) is 3.17. The summed E-state index contributed by atoms with van der Waals surface area (Å²) in [7, 11) is -8.76. The molecule has 0 spiro atoms. The number of hydrogen-bond acceptors (Lipinski definition) is 4. The van der Waals surface area contributed by atoms with Gasteiger partial charge in [0.05, 0.1) is 7.11 Å². The number of hydrogen-bond donors (Lipinski definition) is 5. The molecule has 1 aromatic carbocycles. The second-order valence-electron chi connectivity index (χ2n) is 3.96. The zero-order valence-corrected chi connectivity index (χ0v) is 12.0. The Morgan fingerprint density at radius 1 is 1.05 bits per heavy atom. The topological polar surface area (TPSA) is 136 Å². The Morgan fingerprint density at radius 2 is 1.47 bits per heavy atom. The van der Waals surface area contributed by atoms with Crippen molar-refractivity contribution in [3.63, 3.8) is 0 Å². The fourth-order valence-electron chi connectivity index (χ4n) is 1.26. The summed E-state index contributed by atoms with van der Waals surface area (Å²) in [4.78, 5) is 36.7. The summed E-state index contributed by atoms with van der Waals surface area (Å²) < 4.78 is 27.6. The molecule has 0 unspecified atom stereocenters. The van der Waals surface area contributed by atoms with Gasteiger partial charge in [-0.05, 0) is 31.2 Å². The third-order valence-electron chi connectivity index (χ3n) is 2.61. The Morgan fingerprint density at radius 3 is 1.79 bits per heavy atom. The van der Waals surface area contributed by atoms with Crippen LogP contribution in [0.3, 0.4) is 0 Å². The van der Waals surface area contributed by atoms with Gasteiger partial charge in [-0.2, -0.15) is 0 Å². The standard InChI is InChI=1S/C9H15NO7P2/c1-9(18(11,12)13,19(14,15)16)10-7-3-5-8(17-2)6-4-7/h3-6,10H,1-2H3,(H2,11,12,13)(H2,14,15,16). The third kappa shape index (κ3) is 3.36. The first-order chi connectivity index (χ1) is 8.51. The summed E-state index contributed by atoms with van der Waals surface area (Å²) in [6.45, 7) is 0.777. The number of anilines is 1. The molecule has 0 fully saturated rings. The highest BCUT2D eigenvalue weighted by Crippen LogP contribution is 2.68. The lowest BCUT2D eigenvalue weighted by atomic mass is 10.3. The minimum atomic E-state index is -5.10. The van der Waals surface area contributed by atoms with E-state index in [1.807, 2.05) is 0 Å². The van der Waals surface area contributed by atoms with Crippen LogP contribution in [-0.4, -0.2) is 31.7 Å². The van der Waals surface area contributed by atoms with Gasteiger partial charge in [-0.3, -0.25) is 9.13 Å². The van der Waals surface area contributed by atoms with Gasteiger partial charge >= 0.3 is 15.2 Å². The maximum absolute atomic E-state index is 11.3. The van der Waals surface area contributed by atoms with Crippen molar-refractivity contribution < 1.29 is 33.4 Å². The predicted octanol–water partition coefficient (Wildman–Crippen LogP) is 1.14. The summed E-state index contributed by atoms with van der Waals surface area (Å²) in [6, 6.07) is 5.76. The minimum Gasteiger partial charge on any atom is -0.497 e. The number of ether oxygens (including phenoxy) is 1. The second kappa shape index (κ2) is 5.25. The van der Waals surface area contributed by atoms with Gasteiger partial charge in [0.2, 0.25) is 5.02 Å². The van der Waals surface area contributed by atoms with Crippen molar-refractivity contribution in [2.45, 2.75) is 11.9 Å². The van der Waals surface area contributed by atoms with Crippen molar-refractivity contribution in [1.82, 2.24) is 0 Å². The molecule has 0 saturated carbocycles. The molecule has 0 aliphatic heterocycles. The second-order valence-corrected chi connectivity index (χ2v) is 8.28. The Kier molecular flexibility index (Phi) is 4.47. The van der Waals surface area contributed by atoms with E-state index in [-0.39, 0.29) is 5.69 Å². The minimum absolute atomic E-state index is 0.148. The zero-order valence-electron chi connectivity index (χ0n) is 10.2. The van der Waals surface area contributed by atoms with E-state index >= 15 is 0 Å². The van der Waals surface area contributed by atoms with Crippen molar-refractivity contribution in [3.05, 3.63) is 24.3 Å². The Labute approximate surface area is 109 Å². The monoisotopic (exact) mass is 311 g/mol. The van der Waals surface area contributed by atoms with Crippen molar-refractivity contribution in [3.8, 4) is 5.75 Å². The molecule has 1 rings (SSSR count). The molecular weight excluding hydrogens is 296 g/mol. The van der Waals surface area contributed by atoms with Gasteiger partial charge in [0.1, 0.15) is 5.75 Å². The van der Waals surface area contributed by atoms with E-state index in [0.717, 1.165) is 6.92 Å². The molecule has 0 radical (unpaired) electrons. The molecule has 0 aromatic heterocycles. The summed E-state index contributed by atoms with van der Waals surface area (Å²) >= 11 is 0. The first-order valence-corrected chi connectivity index (χ1v) is 8.27. The number of methoxy groups -OCH3 is 1. The van der Waals surface area contributed by atoms with Crippen LogP contribution >= 0.6 is 15.2 Å². The van der Waals surface area contributed by atoms with Crippen molar-refractivity contribution in [2.24, 2.45) is 0 Å². The van der Waals surface area contributed by atoms with Crippen LogP contribution in [-0.2, 0) is 9.13 Å². The van der Waals surface area contributed by atoms with Gasteiger partial charge in [0.25, 0.3) is 0 Å². The molecule has 0 aliphatic rings. The van der Waals surface area contributed by atoms with Crippen LogP contribution in [0, 0.1) is 0 Å². The van der Waals surface area contributed by atoms with Gasteiger partial charge in [0.15, 0.2) is 0 Å². The lowest BCUT2D eigenvalue weighted by Gasteiger charge is -2.32. The van der Waals surface area contributed by atoms with Gasteiger partial charge in [0, 0.05) is 5.69 Å². The molecule has 8 nitrogen and oxygen atoms in total. The molecule has 5 N–H and O–H groups in total. The van der Waals surface area contributed by atoms with Gasteiger partial charge < -0.3 is 29.6 Å². The van der Waals surface area contributed by atoms with Crippen LogP contribution in [0.1, 0.15) is 6.92 Å². The van der Waals surface area contributed by atoms with E-state index in [1.165, 1.54) is 31.4 Å². The maximum Gasteiger partial charge on any atom is 0.362 e. The largest absolute Gasteiger partial charge is 0.497 e. The normalized spacial score (nSPS) is 13.2. The first kappa shape index (κ1) is 16.2. The molecule has 0 saturated heterocycles. The average Bonchev–Trinajstić information content (AvgIpc) is 2.27. The van der Waals surface area contributed by atoms with Gasteiger partial charge in [-0.15, -0.1) is 0 Å². The quantitative estimate of drug-likeness (QED) is 0.511. The number of nitrogens with one attached hydrogen (secondary N) is 1. The maximum atomic E-state index is 11.3. The molecule has 19 heavy (non-hydrogen) atoms. The highest BCUT2D eigenvalue weighted by molar-refractivity contribution is 7.72. The predicted molar refractivity (Wildman–Crippen MR) is 69.1 cm³/mol. The van der Waals surface area contributed by atoms with Crippen molar-refractivity contribution >= 4 is 20.9 Å². The molecule has 0 atom stereocenters. The van der Waals surface area contributed by atoms with E-state index in [0.29, 0.717) is 5.75 Å². The molecule has 108 valence electrons. The van der Waals surface area contributed by atoms with Gasteiger partial charge in [-0.1, -0.05) is 0 Å². The lowest BCUT2D eigenvalue weighted by molar-refractivity contribution is 0.321. The molecule has 1 aromatic rings. The van der Waals surface area contributed by atoms with Crippen molar-refractivity contribution in [1.29, 1.82) is 0 Å². The smallest absolute Gasteiger partial charge is 0.362 e. The van der Waals surface area contributed by atoms with Crippen LogP contribution in [0.4, 0.5) is 5.69 Å². The first-order valence-electron chi connectivity index (χ1n) is 5.05. The van der Waals surface area contributed by atoms with E-state index < -0.39 is 20.2 Å². The molecule has 0 bridgehead atoms. The number of rotatable bonds is 5. The summed E-state index contributed by atoms with van der Waals surface area (Å²) in [5.74, 6) is 0.500. The Hall–Kier alpha value is -0.880. The van der Waals surface area contributed by atoms with Crippen LogP contribution in [0.25, 0.3) is 0 Å². The molecule has 10 heteroatoms. The van der Waals surface area contributed by atoms with Crippen LogP contribution in [0.15, 0.2) is 24.3 Å². The number of benzene rings is 1. The lowest BCUT2D eigenvalue weighted by Crippen LogP contribution is -2.34. The van der Waals surface area contributed by atoms with E-state index in [1.54, 1.807) is 0 Å². The molecular formula is C9H15NO7P2. The zero-order chi connectivity index (χ0) is 14.9. The Bertz CT molecular complexity index is 510. The van der Waals surface area contributed by atoms with E-state index in [2.05, 4.69) is 5.32 Å². The Balaban J connectivity index is 3.16. The SMILES string of the molecule is COc1ccc(NC(C)(P(=O)(O)O)P(=O)(O)O)cc1. The highest BCUT2D eigenvalue weighted by Gasteiger charge is 2.56. The van der Waals surface area contributed by atoms with Gasteiger partial charge in [-0.25, -0.2) is 0 Å². The fraction of sp³-hybridized carbons (Fsp3) is 0.333. The summed E-state index contributed by atoms with van der Waals surface area (Å²) in [5, 5.41) is -0.481. The highest BCUT2D eigenvalue weighted by atomic mass is 31.2. The summed E-state index contributed by atoms with van der Waals surface area (Å²) in [6.07, 6.45) is 0. The van der Waals surface area contributed by atoms with Crippen molar-refractivity contribution in [2.75, 3.05) is 12.4 Å². The van der Waals surface area contributed by atoms with Crippen LogP contribution < -0.4 is 10.1 Å². The van der Waals surface area contributed by atoms with Crippen LogP contribution in [0.5, 0.6) is 5.75 Å². The molecule has 0 amide bonds.